The monoisotopic (exact) mass is 241 g/mol. The number of halogens is 1. The maximum absolute atomic E-state index is 5.59. The molecule has 0 aliphatic rings. The third kappa shape index (κ3) is 2.55. The van der Waals surface area contributed by atoms with Gasteiger partial charge in [-0.3, -0.25) is 0 Å². The quantitative estimate of drug-likeness (QED) is 0.866. The van der Waals surface area contributed by atoms with Gasteiger partial charge in [0.25, 0.3) is 0 Å². The van der Waals surface area contributed by atoms with Crippen molar-refractivity contribution in [3.8, 4) is 0 Å². The van der Waals surface area contributed by atoms with Crippen molar-refractivity contribution < 1.29 is 0 Å². The Bertz CT molecular complexity index is 281. The molecule has 0 aromatic heterocycles. The van der Waals surface area contributed by atoms with E-state index in [2.05, 4.69) is 48.0 Å². The van der Waals surface area contributed by atoms with E-state index in [1.54, 1.807) is 0 Å². The third-order valence-electron chi connectivity index (χ3n) is 2.37. The highest BCUT2D eigenvalue weighted by atomic mass is 79.9. The van der Waals surface area contributed by atoms with Crippen LogP contribution in [0.5, 0.6) is 0 Å². The Morgan fingerprint density at radius 3 is 2.46 bits per heavy atom. The van der Waals surface area contributed by atoms with Crippen LogP contribution < -0.4 is 5.73 Å². The predicted octanol–water partition coefficient (Wildman–Crippen LogP) is 3.08. The zero-order valence-corrected chi connectivity index (χ0v) is 9.76. The van der Waals surface area contributed by atoms with Crippen LogP contribution in [0.25, 0.3) is 0 Å². The Hall–Kier alpha value is -0.340. The Morgan fingerprint density at radius 2 is 1.92 bits per heavy atom. The molecule has 0 radical (unpaired) electrons. The van der Waals surface area contributed by atoms with Gasteiger partial charge < -0.3 is 5.73 Å². The van der Waals surface area contributed by atoms with Crippen molar-refractivity contribution in [1.82, 2.24) is 0 Å². The summed E-state index contributed by atoms with van der Waals surface area (Å²) in [6.45, 7) is 5.17. The lowest BCUT2D eigenvalue weighted by Gasteiger charge is -2.25. The molecule has 0 spiro atoms. The van der Waals surface area contributed by atoms with Gasteiger partial charge in [-0.2, -0.15) is 0 Å². The van der Waals surface area contributed by atoms with E-state index in [1.807, 2.05) is 6.07 Å². The number of benzene rings is 1. The molecule has 0 bridgehead atoms. The predicted molar refractivity (Wildman–Crippen MR) is 60.8 cm³/mol. The zero-order chi connectivity index (χ0) is 9.90. The van der Waals surface area contributed by atoms with E-state index in [0.29, 0.717) is 0 Å². The fourth-order valence-corrected chi connectivity index (χ4v) is 2.33. The summed E-state index contributed by atoms with van der Waals surface area (Å²) in [4.78, 5) is 0. The molecule has 0 aliphatic carbocycles. The molecule has 0 aliphatic heterocycles. The lowest BCUT2D eigenvalue weighted by molar-refractivity contribution is 0.485. The molecule has 1 aromatic rings. The standard InChI is InChI=1S/C11H16BrN/c1-11(2,7-8-13)9-5-3-4-6-10(9)12/h3-6H,7-8,13H2,1-2H3. The Morgan fingerprint density at radius 1 is 1.31 bits per heavy atom. The van der Waals surface area contributed by atoms with Crippen LogP contribution in [0.2, 0.25) is 0 Å². The van der Waals surface area contributed by atoms with Gasteiger partial charge in [-0.1, -0.05) is 48.0 Å². The van der Waals surface area contributed by atoms with E-state index in [4.69, 9.17) is 5.73 Å². The second-order valence-corrected chi connectivity index (χ2v) is 4.76. The molecule has 0 unspecified atom stereocenters. The lowest BCUT2D eigenvalue weighted by atomic mass is 9.82. The summed E-state index contributed by atoms with van der Waals surface area (Å²) >= 11 is 3.56. The van der Waals surface area contributed by atoms with E-state index in [0.717, 1.165) is 13.0 Å². The minimum atomic E-state index is 0.162. The zero-order valence-electron chi connectivity index (χ0n) is 8.18. The molecule has 13 heavy (non-hydrogen) atoms. The minimum Gasteiger partial charge on any atom is -0.330 e. The van der Waals surface area contributed by atoms with Gasteiger partial charge in [0, 0.05) is 4.47 Å². The SMILES string of the molecule is CC(C)(CCN)c1ccccc1Br. The first-order valence-electron chi connectivity index (χ1n) is 4.53. The molecule has 72 valence electrons. The average molecular weight is 242 g/mol. The van der Waals surface area contributed by atoms with Gasteiger partial charge in [0.2, 0.25) is 0 Å². The van der Waals surface area contributed by atoms with E-state index in [1.165, 1.54) is 10.0 Å². The molecule has 0 amide bonds. The maximum atomic E-state index is 5.59. The van der Waals surface area contributed by atoms with Gasteiger partial charge in [-0.25, -0.2) is 0 Å². The second kappa shape index (κ2) is 4.25. The highest BCUT2D eigenvalue weighted by molar-refractivity contribution is 9.10. The highest BCUT2D eigenvalue weighted by Gasteiger charge is 2.21. The third-order valence-corrected chi connectivity index (χ3v) is 3.06. The van der Waals surface area contributed by atoms with Crippen LogP contribution in [0.15, 0.2) is 28.7 Å². The topological polar surface area (TPSA) is 26.0 Å². The molecule has 1 aromatic carbocycles. The fourth-order valence-electron chi connectivity index (χ4n) is 1.51. The van der Waals surface area contributed by atoms with Crippen molar-refractivity contribution >= 4 is 15.9 Å². The molecule has 0 atom stereocenters. The van der Waals surface area contributed by atoms with Crippen LogP contribution in [0.1, 0.15) is 25.8 Å². The first-order valence-corrected chi connectivity index (χ1v) is 5.32. The van der Waals surface area contributed by atoms with Crippen LogP contribution in [0.4, 0.5) is 0 Å². The number of hydrogen-bond donors (Lipinski definition) is 1. The largest absolute Gasteiger partial charge is 0.330 e. The lowest BCUT2D eigenvalue weighted by Crippen LogP contribution is -2.22. The van der Waals surface area contributed by atoms with Crippen LogP contribution >= 0.6 is 15.9 Å². The van der Waals surface area contributed by atoms with Gasteiger partial charge in [-0.05, 0) is 30.0 Å². The fraction of sp³-hybridized carbons (Fsp3) is 0.455. The number of rotatable bonds is 3. The van der Waals surface area contributed by atoms with Crippen molar-refractivity contribution in [1.29, 1.82) is 0 Å². The summed E-state index contributed by atoms with van der Waals surface area (Å²) < 4.78 is 1.17. The minimum absolute atomic E-state index is 0.162. The summed E-state index contributed by atoms with van der Waals surface area (Å²) in [7, 11) is 0. The molecule has 0 saturated heterocycles. The van der Waals surface area contributed by atoms with Gasteiger partial charge in [0.05, 0.1) is 0 Å². The van der Waals surface area contributed by atoms with Crippen LogP contribution in [0, 0.1) is 0 Å². The second-order valence-electron chi connectivity index (χ2n) is 3.90. The van der Waals surface area contributed by atoms with E-state index < -0.39 is 0 Å². The Kier molecular flexibility index (Phi) is 3.51. The van der Waals surface area contributed by atoms with E-state index in [-0.39, 0.29) is 5.41 Å². The van der Waals surface area contributed by atoms with Crippen LogP contribution in [-0.2, 0) is 5.41 Å². The number of hydrogen-bond acceptors (Lipinski definition) is 1. The van der Waals surface area contributed by atoms with Crippen molar-refractivity contribution in [3.63, 3.8) is 0 Å². The maximum Gasteiger partial charge on any atom is 0.0212 e. The summed E-state index contributed by atoms with van der Waals surface area (Å²) in [6, 6.07) is 8.33. The average Bonchev–Trinajstić information content (AvgIpc) is 2.04. The molecule has 0 heterocycles. The highest BCUT2D eigenvalue weighted by Crippen LogP contribution is 2.31. The Balaban J connectivity index is 2.99. The summed E-state index contributed by atoms with van der Waals surface area (Å²) in [6.07, 6.45) is 1.01. The van der Waals surface area contributed by atoms with Crippen molar-refractivity contribution in [3.05, 3.63) is 34.3 Å². The van der Waals surface area contributed by atoms with E-state index in [9.17, 15) is 0 Å². The molecule has 2 heteroatoms. The summed E-state index contributed by atoms with van der Waals surface area (Å²) in [5.74, 6) is 0. The first-order chi connectivity index (χ1) is 6.08. The Labute approximate surface area is 88.5 Å². The molecule has 0 fully saturated rings. The first kappa shape index (κ1) is 10.7. The van der Waals surface area contributed by atoms with Gasteiger partial charge in [-0.15, -0.1) is 0 Å². The molecule has 1 nitrogen and oxygen atoms in total. The molecular formula is C11H16BrN. The smallest absolute Gasteiger partial charge is 0.0212 e. The van der Waals surface area contributed by atoms with E-state index >= 15 is 0 Å². The van der Waals surface area contributed by atoms with Gasteiger partial charge >= 0.3 is 0 Å². The molecule has 1 rings (SSSR count). The van der Waals surface area contributed by atoms with Gasteiger partial charge in [0.15, 0.2) is 0 Å². The molecule has 0 saturated carbocycles. The van der Waals surface area contributed by atoms with Crippen molar-refractivity contribution in [2.45, 2.75) is 25.7 Å². The number of nitrogens with two attached hydrogens (primary N) is 1. The van der Waals surface area contributed by atoms with Crippen LogP contribution in [-0.4, -0.2) is 6.54 Å². The molecular weight excluding hydrogens is 226 g/mol. The van der Waals surface area contributed by atoms with Crippen LogP contribution in [0.3, 0.4) is 0 Å². The van der Waals surface area contributed by atoms with Crippen molar-refractivity contribution in [2.24, 2.45) is 5.73 Å². The van der Waals surface area contributed by atoms with Crippen molar-refractivity contribution in [2.75, 3.05) is 6.54 Å². The summed E-state index contributed by atoms with van der Waals surface area (Å²) in [5.41, 5.74) is 7.08. The molecule has 2 N–H and O–H groups in total. The van der Waals surface area contributed by atoms with Gasteiger partial charge in [0.1, 0.15) is 0 Å². The normalized spacial score (nSPS) is 11.7. The summed E-state index contributed by atoms with van der Waals surface area (Å²) in [5, 5.41) is 0.